The van der Waals surface area contributed by atoms with Gasteiger partial charge in [0.2, 0.25) is 5.82 Å². The maximum absolute atomic E-state index is 13.2. The molecule has 3 aromatic heterocycles. The molecule has 0 bridgehead atoms. The van der Waals surface area contributed by atoms with Crippen molar-refractivity contribution in [2.24, 2.45) is 0 Å². The Hall–Kier alpha value is -3.26. The van der Waals surface area contributed by atoms with E-state index >= 15 is 0 Å². The topological polar surface area (TPSA) is 94.3 Å². The summed E-state index contributed by atoms with van der Waals surface area (Å²) in [5, 5.41) is 14.8. The van der Waals surface area contributed by atoms with Crippen LogP contribution in [0.4, 0.5) is 0 Å². The number of rotatable bonds is 10. The number of H-pyrrole nitrogens is 1. The van der Waals surface area contributed by atoms with Crippen LogP contribution in [0.25, 0.3) is 22.6 Å². The number of halogens is 1. The van der Waals surface area contributed by atoms with Gasteiger partial charge in [-0.25, -0.2) is 4.79 Å². The fraction of sp³-hybridized carbons (Fsp3) is 0.375. The Morgan fingerprint density at radius 2 is 1.82 bits per heavy atom. The van der Waals surface area contributed by atoms with Gasteiger partial charge in [-0.05, 0) is 41.7 Å². The van der Waals surface area contributed by atoms with Gasteiger partial charge in [-0.2, -0.15) is 5.21 Å². The van der Waals surface area contributed by atoms with Crippen LogP contribution in [0.15, 0.2) is 47.4 Å². The van der Waals surface area contributed by atoms with Gasteiger partial charge >= 0.3 is 5.69 Å². The molecule has 1 N–H and O–H groups in total. The summed E-state index contributed by atoms with van der Waals surface area (Å²) in [4.78, 5) is 17.6. The third-order valence-corrected chi connectivity index (χ3v) is 6.16. The van der Waals surface area contributed by atoms with Crippen LogP contribution in [0.3, 0.4) is 0 Å². The van der Waals surface area contributed by atoms with E-state index in [9.17, 15) is 4.79 Å². The summed E-state index contributed by atoms with van der Waals surface area (Å²) in [6.07, 6.45) is 6.49. The number of benzene rings is 1. The first kappa shape index (κ1) is 22.9. The van der Waals surface area contributed by atoms with Gasteiger partial charge in [-0.15, -0.1) is 10.2 Å². The summed E-state index contributed by atoms with van der Waals surface area (Å²) in [6, 6.07) is 12.0. The van der Waals surface area contributed by atoms with Crippen LogP contribution in [0.2, 0.25) is 5.15 Å². The van der Waals surface area contributed by atoms with E-state index in [4.69, 9.17) is 11.6 Å². The zero-order valence-corrected chi connectivity index (χ0v) is 19.7. The number of aromatic nitrogens is 7. The first-order valence-electron chi connectivity index (χ1n) is 11.4. The summed E-state index contributed by atoms with van der Waals surface area (Å²) >= 11 is 6.66. The predicted octanol–water partition coefficient (Wildman–Crippen LogP) is 4.74. The van der Waals surface area contributed by atoms with Gasteiger partial charge in [0.05, 0.1) is 12.2 Å². The van der Waals surface area contributed by atoms with Crippen molar-refractivity contribution in [1.82, 2.24) is 34.7 Å². The molecule has 0 radical (unpaired) electrons. The minimum absolute atomic E-state index is 0.0321. The highest BCUT2D eigenvalue weighted by Crippen LogP contribution is 2.28. The van der Waals surface area contributed by atoms with Crippen molar-refractivity contribution in [3.63, 3.8) is 0 Å². The Kier molecular flexibility index (Phi) is 7.34. The third kappa shape index (κ3) is 4.90. The zero-order chi connectivity index (χ0) is 23.2. The summed E-state index contributed by atoms with van der Waals surface area (Å²) in [7, 11) is 0. The van der Waals surface area contributed by atoms with E-state index in [0.717, 1.165) is 54.5 Å². The van der Waals surface area contributed by atoms with E-state index in [-0.39, 0.29) is 5.69 Å². The molecule has 0 amide bonds. The van der Waals surface area contributed by atoms with Crippen molar-refractivity contribution in [2.45, 2.75) is 59.0 Å². The second kappa shape index (κ2) is 10.6. The molecule has 0 aliphatic rings. The van der Waals surface area contributed by atoms with Crippen molar-refractivity contribution in [1.29, 1.82) is 0 Å². The summed E-state index contributed by atoms with van der Waals surface area (Å²) in [5.74, 6) is 0.449. The number of hydrogen-bond acceptors (Lipinski definition) is 5. The molecule has 33 heavy (non-hydrogen) atoms. The number of unbranched alkanes of at least 4 members (excludes halogenated alkanes) is 2. The number of aromatic amines is 1. The summed E-state index contributed by atoms with van der Waals surface area (Å²) in [6.45, 7) is 5.40. The molecular weight excluding hydrogens is 438 g/mol. The van der Waals surface area contributed by atoms with Gasteiger partial charge in [-0.1, -0.05) is 68.6 Å². The molecule has 172 valence electrons. The first-order valence-corrected chi connectivity index (χ1v) is 11.8. The highest BCUT2D eigenvalue weighted by Gasteiger charge is 2.18. The van der Waals surface area contributed by atoms with Crippen LogP contribution in [0.1, 0.15) is 50.8 Å². The molecule has 0 unspecified atom stereocenters. The molecule has 8 nitrogen and oxygen atoms in total. The molecule has 3 heterocycles. The van der Waals surface area contributed by atoms with Crippen LogP contribution < -0.4 is 5.69 Å². The molecule has 0 spiro atoms. The first-order chi connectivity index (χ1) is 16.1. The van der Waals surface area contributed by atoms with E-state index in [0.29, 0.717) is 29.8 Å². The molecule has 4 rings (SSSR count). The van der Waals surface area contributed by atoms with E-state index in [1.807, 2.05) is 41.0 Å². The lowest BCUT2D eigenvalue weighted by atomic mass is 10.0. The van der Waals surface area contributed by atoms with Crippen molar-refractivity contribution in [3.05, 3.63) is 69.5 Å². The quantitative estimate of drug-likeness (QED) is 0.365. The summed E-state index contributed by atoms with van der Waals surface area (Å²) < 4.78 is 3.55. The van der Waals surface area contributed by atoms with Gasteiger partial charge in [0.25, 0.3) is 0 Å². The van der Waals surface area contributed by atoms with Crippen LogP contribution >= 0.6 is 11.6 Å². The number of nitrogens with zero attached hydrogens (tertiary/aromatic N) is 6. The molecule has 0 aliphatic heterocycles. The lowest BCUT2D eigenvalue weighted by Gasteiger charge is -2.10. The Morgan fingerprint density at radius 1 is 1.03 bits per heavy atom. The lowest BCUT2D eigenvalue weighted by Crippen LogP contribution is -2.25. The Bertz CT molecular complexity index is 1240. The smallest absolute Gasteiger partial charge is 0.290 e. The van der Waals surface area contributed by atoms with Crippen LogP contribution in [-0.4, -0.2) is 34.7 Å². The number of tetrazole rings is 1. The minimum Gasteiger partial charge on any atom is -0.290 e. The average molecular weight is 466 g/mol. The standard InChI is InChI=1S/C24H28ClN7O/c1-3-5-9-20-22(25)31(15-6-4-2)24(33)32(20)16-17-10-12-18(13-11-17)19-8-7-14-26-21(19)23-27-29-30-28-23/h7-8,10-14H,3-6,9,15-16H2,1-2H3,(H,27,28,29,30). The Balaban J connectivity index is 1.64. The lowest BCUT2D eigenvalue weighted by molar-refractivity contribution is 0.592. The van der Waals surface area contributed by atoms with Crippen molar-refractivity contribution in [3.8, 4) is 22.6 Å². The average Bonchev–Trinajstić information content (AvgIpc) is 3.45. The third-order valence-electron chi connectivity index (χ3n) is 5.74. The molecule has 1 aromatic carbocycles. The maximum atomic E-state index is 13.2. The maximum Gasteiger partial charge on any atom is 0.329 e. The summed E-state index contributed by atoms with van der Waals surface area (Å²) in [5.41, 5.74) is 4.50. The van der Waals surface area contributed by atoms with E-state index in [2.05, 4.69) is 39.5 Å². The number of pyridine rings is 1. The van der Waals surface area contributed by atoms with Crippen LogP contribution in [0.5, 0.6) is 0 Å². The normalized spacial score (nSPS) is 11.2. The molecular formula is C24H28ClN7O. The van der Waals surface area contributed by atoms with Crippen molar-refractivity contribution < 1.29 is 0 Å². The molecule has 0 saturated carbocycles. The van der Waals surface area contributed by atoms with Gasteiger partial charge < -0.3 is 0 Å². The molecule has 4 aromatic rings. The van der Waals surface area contributed by atoms with Gasteiger partial charge in [0, 0.05) is 18.3 Å². The molecule has 0 saturated heterocycles. The highest BCUT2D eigenvalue weighted by molar-refractivity contribution is 6.30. The van der Waals surface area contributed by atoms with E-state index in [1.54, 1.807) is 10.8 Å². The zero-order valence-electron chi connectivity index (χ0n) is 19.0. The van der Waals surface area contributed by atoms with Crippen molar-refractivity contribution >= 4 is 11.6 Å². The molecule has 0 aliphatic carbocycles. The molecule has 0 atom stereocenters. The predicted molar refractivity (Wildman–Crippen MR) is 129 cm³/mol. The van der Waals surface area contributed by atoms with Gasteiger partial charge in [0.15, 0.2) is 0 Å². The molecule has 9 heteroatoms. The van der Waals surface area contributed by atoms with Gasteiger partial charge in [-0.3, -0.25) is 14.1 Å². The highest BCUT2D eigenvalue weighted by atomic mass is 35.5. The van der Waals surface area contributed by atoms with Crippen LogP contribution in [0, 0.1) is 0 Å². The largest absolute Gasteiger partial charge is 0.329 e. The fourth-order valence-corrected chi connectivity index (χ4v) is 4.27. The Morgan fingerprint density at radius 3 is 2.52 bits per heavy atom. The number of hydrogen-bond donors (Lipinski definition) is 1. The second-order valence-corrected chi connectivity index (χ2v) is 8.40. The van der Waals surface area contributed by atoms with Crippen molar-refractivity contribution in [2.75, 3.05) is 0 Å². The monoisotopic (exact) mass is 465 g/mol. The van der Waals surface area contributed by atoms with E-state index in [1.165, 1.54) is 0 Å². The second-order valence-electron chi connectivity index (χ2n) is 8.05. The SMILES string of the molecule is CCCCc1c(Cl)n(CCCC)c(=O)n1Cc1ccc(-c2cccnc2-c2nn[nH]n2)cc1. The van der Waals surface area contributed by atoms with Crippen LogP contribution in [-0.2, 0) is 19.5 Å². The fourth-order valence-electron chi connectivity index (χ4n) is 3.92. The van der Waals surface area contributed by atoms with Gasteiger partial charge in [0.1, 0.15) is 10.8 Å². The minimum atomic E-state index is -0.0321. The number of imidazole rings is 1. The Labute approximate surface area is 197 Å². The number of nitrogens with one attached hydrogen (secondary N) is 1. The van der Waals surface area contributed by atoms with E-state index < -0.39 is 0 Å². The molecule has 0 fully saturated rings.